The molecule has 7 aromatic carbocycles. The van der Waals surface area contributed by atoms with Crippen molar-refractivity contribution in [3.05, 3.63) is 170 Å². The third-order valence-electron chi connectivity index (χ3n) is 9.40. The van der Waals surface area contributed by atoms with Crippen LogP contribution in [0.25, 0.3) is 99.1 Å². The Balaban J connectivity index is 1.07. The molecule has 244 valence electrons. The highest BCUT2D eigenvalue weighted by Crippen LogP contribution is 2.40. The molecule has 0 bridgehead atoms. The van der Waals surface area contributed by atoms with Crippen LogP contribution in [0.3, 0.4) is 0 Å². The van der Waals surface area contributed by atoms with E-state index >= 15 is 0 Å². The highest BCUT2D eigenvalue weighted by atomic mass is 32.1. The zero-order valence-electron chi connectivity index (χ0n) is 27.8. The topological polar surface area (TPSA) is 64.7 Å². The Hall–Kier alpha value is -6.76. The molecule has 0 aliphatic rings. The second-order valence-electron chi connectivity index (χ2n) is 12.6. The second-order valence-corrected chi connectivity index (χ2v) is 13.7. The van der Waals surface area contributed by atoms with Crippen molar-refractivity contribution in [1.82, 2.24) is 19.9 Å². The van der Waals surface area contributed by atoms with Gasteiger partial charge >= 0.3 is 0 Å². The first-order valence-electron chi connectivity index (χ1n) is 17.1. The molecule has 6 heteroatoms. The van der Waals surface area contributed by atoms with Gasteiger partial charge in [0.2, 0.25) is 5.89 Å². The lowest BCUT2D eigenvalue weighted by atomic mass is 10.0. The van der Waals surface area contributed by atoms with Crippen LogP contribution in [0, 0.1) is 0 Å². The summed E-state index contributed by atoms with van der Waals surface area (Å²) in [6, 6.07) is 58.1. The van der Waals surface area contributed by atoms with Crippen LogP contribution in [0.1, 0.15) is 0 Å². The van der Waals surface area contributed by atoms with E-state index in [1.165, 1.54) is 21.0 Å². The van der Waals surface area contributed by atoms with E-state index in [4.69, 9.17) is 24.4 Å². The number of thiophene rings is 1. The lowest BCUT2D eigenvalue weighted by Crippen LogP contribution is -2.00. The number of nitrogens with zero attached hydrogens (tertiary/aromatic N) is 4. The standard InChI is InChI=1S/C46H28N4OS/c1-3-12-29(13-4-1)30-24-26-32(27-25-30)46-47-41-35(19-11-22-39(41)51-46)33-16-9-17-34(28-33)44-48-43(31-14-5-2-6-15-31)49-45(50-44)38-21-10-20-37-36-18-7-8-23-40(36)52-42(37)38/h1-28H. The maximum atomic E-state index is 6.32. The Labute approximate surface area is 303 Å². The first-order valence-corrected chi connectivity index (χ1v) is 18.0. The van der Waals surface area contributed by atoms with Gasteiger partial charge in [-0.05, 0) is 53.1 Å². The van der Waals surface area contributed by atoms with Gasteiger partial charge in [0.25, 0.3) is 0 Å². The smallest absolute Gasteiger partial charge is 0.227 e. The molecule has 0 fully saturated rings. The van der Waals surface area contributed by atoms with Crippen molar-refractivity contribution >= 4 is 42.6 Å². The molecule has 5 nitrogen and oxygen atoms in total. The van der Waals surface area contributed by atoms with Gasteiger partial charge in [-0.1, -0.05) is 133 Å². The summed E-state index contributed by atoms with van der Waals surface area (Å²) >= 11 is 1.77. The minimum Gasteiger partial charge on any atom is -0.436 e. The average molecular weight is 685 g/mol. The van der Waals surface area contributed by atoms with Gasteiger partial charge in [-0.2, -0.15) is 0 Å². The molecule has 3 heterocycles. The van der Waals surface area contributed by atoms with Gasteiger partial charge in [0, 0.05) is 48.0 Å². The van der Waals surface area contributed by atoms with Crippen LogP contribution in [-0.2, 0) is 0 Å². The first kappa shape index (κ1) is 30.1. The maximum Gasteiger partial charge on any atom is 0.227 e. The summed E-state index contributed by atoms with van der Waals surface area (Å²) in [6.45, 7) is 0. The Morgan fingerprint density at radius 1 is 0.385 bits per heavy atom. The Morgan fingerprint density at radius 2 is 0.962 bits per heavy atom. The summed E-state index contributed by atoms with van der Waals surface area (Å²) in [5, 5.41) is 2.44. The molecule has 10 rings (SSSR count). The van der Waals surface area contributed by atoms with Gasteiger partial charge < -0.3 is 4.42 Å². The van der Waals surface area contributed by atoms with Gasteiger partial charge in [-0.15, -0.1) is 11.3 Å². The molecular weight excluding hydrogens is 657 g/mol. The summed E-state index contributed by atoms with van der Waals surface area (Å²) in [5.74, 6) is 2.47. The minimum absolute atomic E-state index is 0.586. The van der Waals surface area contributed by atoms with Crippen molar-refractivity contribution in [1.29, 1.82) is 0 Å². The van der Waals surface area contributed by atoms with Crippen molar-refractivity contribution in [2.45, 2.75) is 0 Å². The van der Waals surface area contributed by atoms with E-state index in [9.17, 15) is 0 Å². The van der Waals surface area contributed by atoms with Gasteiger partial charge in [0.15, 0.2) is 23.1 Å². The van der Waals surface area contributed by atoms with E-state index in [1.807, 2.05) is 54.6 Å². The van der Waals surface area contributed by atoms with Crippen molar-refractivity contribution < 1.29 is 4.42 Å². The van der Waals surface area contributed by atoms with Crippen LogP contribution in [-0.4, -0.2) is 19.9 Å². The highest BCUT2D eigenvalue weighted by molar-refractivity contribution is 7.26. The molecule has 0 atom stereocenters. The fourth-order valence-corrected chi connectivity index (χ4v) is 8.04. The second kappa shape index (κ2) is 12.5. The molecule has 0 N–H and O–H groups in total. The van der Waals surface area contributed by atoms with E-state index in [-0.39, 0.29) is 0 Å². The Kier molecular flexibility index (Phi) is 7.25. The summed E-state index contributed by atoms with van der Waals surface area (Å²) in [6.07, 6.45) is 0. The van der Waals surface area contributed by atoms with Crippen LogP contribution >= 0.6 is 11.3 Å². The average Bonchev–Trinajstić information content (AvgIpc) is 3.84. The maximum absolute atomic E-state index is 6.32. The molecular formula is C46H28N4OS. The van der Waals surface area contributed by atoms with Crippen molar-refractivity contribution in [3.8, 4) is 67.9 Å². The van der Waals surface area contributed by atoms with E-state index in [0.717, 1.165) is 54.7 Å². The molecule has 52 heavy (non-hydrogen) atoms. The largest absolute Gasteiger partial charge is 0.436 e. The Bertz CT molecular complexity index is 2900. The van der Waals surface area contributed by atoms with Crippen molar-refractivity contribution in [2.24, 2.45) is 0 Å². The number of hydrogen-bond acceptors (Lipinski definition) is 6. The molecule has 0 aliphatic carbocycles. The van der Waals surface area contributed by atoms with Gasteiger partial charge in [-0.3, -0.25) is 0 Å². The summed E-state index contributed by atoms with van der Waals surface area (Å²) < 4.78 is 8.72. The molecule has 0 saturated carbocycles. The quantitative estimate of drug-likeness (QED) is 0.174. The zero-order valence-corrected chi connectivity index (χ0v) is 28.6. The van der Waals surface area contributed by atoms with E-state index < -0.39 is 0 Å². The fourth-order valence-electron chi connectivity index (χ4n) is 6.83. The van der Waals surface area contributed by atoms with E-state index in [1.54, 1.807) is 11.3 Å². The molecule has 10 aromatic rings. The minimum atomic E-state index is 0.586. The predicted molar refractivity (Wildman–Crippen MR) is 213 cm³/mol. The number of aromatic nitrogens is 4. The van der Waals surface area contributed by atoms with Crippen molar-refractivity contribution in [3.63, 3.8) is 0 Å². The lowest BCUT2D eigenvalue weighted by molar-refractivity contribution is 0.620. The Morgan fingerprint density at radius 3 is 1.79 bits per heavy atom. The van der Waals surface area contributed by atoms with Gasteiger partial charge in [0.1, 0.15) is 5.52 Å². The SMILES string of the molecule is c1ccc(-c2ccc(-c3nc4c(-c5cccc(-c6nc(-c7ccccc7)nc(-c7cccc8c7sc7ccccc78)n6)c5)cccc4o3)cc2)cc1. The normalized spacial score (nSPS) is 11.5. The van der Waals surface area contributed by atoms with Gasteiger partial charge in [-0.25, -0.2) is 19.9 Å². The fraction of sp³-hybridized carbons (Fsp3) is 0. The highest BCUT2D eigenvalue weighted by Gasteiger charge is 2.18. The molecule has 0 unspecified atom stereocenters. The van der Waals surface area contributed by atoms with Crippen LogP contribution in [0.5, 0.6) is 0 Å². The lowest BCUT2D eigenvalue weighted by Gasteiger charge is -2.10. The predicted octanol–water partition coefficient (Wildman–Crippen LogP) is 12.4. The van der Waals surface area contributed by atoms with Crippen LogP contribution in [0.15, 0.2) is 174 Å². The number of oxazole rings is 1. The van der Waals surface area contributed by atoms with E-state index in [2.05, 4.69) is 115 Å². The van der Waals surface area contributed by atoms with Crippen molar-refractivity contribution in [2.75, 3.05) is 0 Å². The number of fused-ring (bicyclic) bond motifs is 4. The third kappa shape index (κ3) is 5.34. The molecule has 0 aliphatic heterocycles. The van der Waals surface area contributed by atoms with Crippen LogP contribution in [0.4, 0.5) is 0 Å². The van der Waals surface area contributed by atoms with Crippen LogP contribution < -0.4 is 0 Å². The molecule has 0 saturated heterocycles. The molecule has 0 amide bonds. The summed E-state index contributed by atoms with van der Waals surface area (Å²) in [4.78, 5) is 20.2. The first-order chi connectivity index (χ1) is 25.7. The zero-order chi connectivity index (χ0) is 34.4. The monoisotopic (exact) mass is 684 g/mol. The molecule has 0 radical (unpaired) electrons. The third-order valence-corrected chi connectivity index (χ3v) is 10.6. The summed E-state index contributed by atoms with van der Waals surface area (Å²) in [7, 11) is 0. The number of para-hydroxylation sites is 1. The van der Waals surface area contributed by atoms with Crippen LogP contribution in [0.2, 0.25) is 0 Å². The molecule has 0 spiro atoms. The number of benzene rings is 7. The van der Waals surface area contributed by atoms with E-state index in [0.29, 0.717) is 23.4 Å². The number of hydrogen-bond donors (Lipinski definition) is 0. The molecule has 3 aromatic heterocycles. The number of rotatable bonds is 6. The van der Waals surface area contributed by atoms with Gasteiger partial charge in [0.05, 0.1) is 0 Å². The summed E-state index contributed by atoms with van der Waals surface area (Å²) in [5.41, 5.74) is 9.57.